The summed E-state index contributed by atoms with van der Waals surface area (Å²) in [5.74, 6) is 0.558. The Morgan fingerprint density at radius 2 is 1.43 bits per heavy atom. The van der Waals surface area contributed by atoms with Crippen LogP contribution in [-0.4, -0.2) is 36.0 Å². The molecule has 6 heteroatoms. The first-order chi connectivity index (χ1) is 11.0. The van der Waals surface area contributed by atoms with Crippen LogP contribution < -0.4 is 15.5 Å². The van der Waals surface area contributed by atoms with Crippen LogP contribution in [0.3, 0.4) is 0 Å². The third kappa shape index (κ3) is 1.87. The van der Waals surface area contributed by atoms with Crippen molar-refractivity contribution in [2.24, 2.45) is 17.0 Å². The van der Waals surface area contributed by atoms with E-state index in [4.69, 9.17) is 4.74 Å². The summed E-state index contributed by atoms with van der Waals surface area (Å²) < 4.78 is 6.85. The minimum Gasteiger partial charge on any atom is -0.496 e. The van der Waals surface area contributed by atoms with Crippen molar-refractivity contribution in [1.82, 2.24) is 4.57 Å². The van der Waals surface area contributed by atoms with E-state index in [0.717, 1.165) is 10.9 Å². The third-order valence-corrected chi connectivity index (χ3v) is 4.31. The number of benzene rings is 2. The number of nitrogens with zero attached hydrogens (tertiary/aromatic N) is 3. The molecule has 0 aliphatic heterocycles. The van der Waals surface area contributed by atoms with Crippen molar-refractivity contribution in [1.29, 1.82) is 0 Å². The first kappa shape index (κ1) is 15.1. The van der Waals surface area contributed by atoms with Crippen molar-refractivity contribution < 1.29 is 14.9 Å². The van der Waals surface area contributed by atoms with Gasteiger partial charge in [0.05, 0.1) is 28.6 Å². The fourth-order valence-corrected chi connectivity index (χ4v) is 3.17. The topological polar surface area (TPSA) is 79.3 Å². The van der Waals surface area contributed by atoms with E-state index in [1.807, 2.05) is 13.0 Å². The average Bonchev–Trinajstić information content (AvgIpc) is 2.56. The molecule has 0 bridgehead atoms. The molecule has 1 heterocycles. The number of hydrogen-bond donors (Lipinski definition) is 2. The minimum absolute atomic E-state index is 0.0455. The Morgan fingerprint density at radius 1 is 0.913 bits per heavy atom. The van der Waals surface area contributed by atoms with Crippen LogP contribution >= 0.6 is 0 Å². The number of aromatic nitrogens is 1. The van der Waals surface area contributed by atoms with Gasteiger partial charge in [-0.25, -0.2) is 0 Å². The predicted molar refractivity (Wildman–Crippen MR) is 89.2 cm³/mol. The Kier molecular flexibility index (Phi) is 3.39. The molecule has 120 valence electrons. The van der Waals surface area contributed by atoms with Gasteiger partial charge >= 0.3 is 0 Å². The number of pyridine rings is 1. The van der Waals surface area contributed by atoms with Crippen molar-refractivity contribution in [3.05, 3.63) is 28.4 Å². The Balaban J connectivity index is 2.90. The number of aryl methyl sites for hydroxylation is 1. The zero-order valence-electron chi connectivity index (χ0n) is 13.8. The first-order valence-electron chi connectivity index (χ1n) is 7.20. The van der Waals surface area contributed by atoms with Gasteiger partial charge in [-0.1, -0.05) is 0 Å². The molecule has 3 rings (SSSR count). The fourth-order valence-electron chi connectivity index (χ4n) is 3.17. The number of hydrogen-bond acceptors (Lipinski definition) is 5. The molecular weight excluding hydrogens is 294 g/mol. The molecule has 1 aromatic heterocycles. The highest BCUT2D eigenvalue weighted by Gasteiger charge is 2.21. The van der Waals surface area contributed by atoms with Crippen LogP contribution in [0.4, 0.5) is 0 Å². The van der Waals surface area contributed by atoms with Gasteiger partial charge in [-0.3, -0.25) is 14.6 Å². The summed E-state index contributed by atoms with van der Waals surface area (Å²) in [6, 6.07) is 3.70. The van der Waals surface area contributed by atoms with Crippen molar-refractivity contribution in [3.8, 4) is 17.5 Å². The first-order valence-corrected chi connectivity index (χ1v) is 7.20. The summed E-state index contributed by atoms with van der Waals surface area (Å²) in [5.41, 5.74) is 0.954. The molecule has 0 aliphatic rings. The Morgan fingerprint density at radius 3 is 1.91 bits per heavy atom. The molecule has 3 aromatic rings. The summed E-state index contributed by atoms with van der Waals surface area (Å²) in [6.45, 7) is 1.95. The molecule has 0 radical (unpaired) electrons. The predicted octanol–water partition coefficient (Wildman–Crippen LogP) is 1.56. The number of rotatable bonds is 1. The van der Waals surface area contributed by atoms with E-state index in [1.165, 1.54) is 4.57 Å². The van der Waals surface area contributed by atoms with E-state index in [1.54, 1.807) is 34.3 Å². The second-order valence-electron chi connectivity index (χ2n) is 5.46. The normalized spacial score (nSPS) is 13.4. The molecule has 6 nitrogen and oxygen atoms in total. The Bertz CT molecular complexity index is 1040. The van der Waals surface area contributed by atoms with Gasteiger partial charge in [0, 0.05) is 38.0 Å². The maximum absolute atomic E-state index is 10.6. The molecule has 0 atom stereocenters. The quantitative estimate of drug-likeness (QED) is 0.715. The maximum atomic E-state index is 10.6. The Labute approximate surface area is 133 Å². The summed E-state index contributed by atoms with van der Waals surface area (Å²) in [6.07, 6.45) is 0. The van der Waals surface area contributed by atoms with Crippen molar-refractivity contribution in [2.75, 3.05) is 21.2 Å². The zero-order chi connectivity index (χ0) is 16.9. The molecule has 0 saturated heterocycles. The summed E-state index contributed by atoms with van der Waals surface area (Å²) in [4.78, 5) is 8.54. The molecule has 2 N–H and O–H groups in total. The van der Waals surface area contributed by atoms with Gasteiger partial charge < -0.3 is 14.9 Å². The lowest BCUT2D eigenvalue weighted by atomic mass is 9.96. The van der Waals surface area contributed by atoms with Crippen LogP contribution in [0.25, 0.3) is 21.5 Å². The van der Waals surface area contributed by atoms with Gasteiger partial charge in [-0.05, 0) is 18.6 Å². The maximum Gasteiger partial charge on any atom is 0.203 e. The van der Waals surface area contributed by atoms with E-state index in [-0.39, 0.29) is 11.8 Å². The van der Waals surface area contributed by atoms with Crippen LogP contribution in [0.5, 0.6) is 17.5 Å². The highest BCUT2D eigenvalue weighted by atomic mass is 16.5. The largest absolute Gasteiger partial charge is 0.496 e. The Hall–Kier alpha value is -2.76. The van der Waals surface area contributed by atoms with Crippen molar-refractivity contribution in [2.45, 2.75) is 6.92 Å². The van der Waals surface area contributed by atoms with Crippen molar-refractivity contribution in [3.63, 3.8) is 0 Å². The third-order valence-electron chi connectivity index (χ3n) is 4.31. The van der Waals surface area contributed by atoms with Gasteiger partial charge in [-0.2, -0.15) is 0 Å². The number of aromatic hydroxyl groups is 2. The minimum atomic E-state index is -0.0455. The monoisotopic (exact) mass is 313 g/mol. The smallest absolute Gasteiger partial charge is 0.203 e. The van der Waals surface area contributed by atoms with Gasteiger partial charge in [0.15, 0.2) is 0 Å². The molecular formula is C17H19N3O3. The van der Waals surface area contributed by atoms with Crippen LogP contribution in [0, 0.1) is 6.92 Å². The molecule has 2 aromatic carbocycles. The van der Waals surface area contributed by atoms with Crippen LogP contribution in [0.2, 0.25) is 0 Å². The average molecular weight is 313 g/mol. The molecule has 23 heavy (non-hydrogen) atoms. The van der Waals surface area contributed by atoms with Gasteiger partial charge in [0.2, 0.25) is 11.8 Å². The van der Waals surface area contributed by atoms with E-state index in [9.17, 15) is 10.2 Å². The van der Waals surface area contributed by atoms with E-state index < -0.39 is 0 Å². The second-order valence-corrected chi connectivity index (χ2v) is 5.46. The van der Waals surface area contributed by atoms with E-state index in [2.05, 4.69) is 9.98 Å². The highest BCUT2D eigenvalue weighted by molar-refractivity contribution is 6.16. The zero-order valence-corrected chi connectivity index (χ0v) is 13.8. The van der Waals surface area contributed by atoms with Crippen LogP contribution in [0.15, 0.2) is 22.1 Å². The standard InChI is InChI=1S/C17H19N3O3/c1-8-6-9(18-2)13-15-12(8)11(23-5)7-10(19-3)14(15)17(22)20(4)16(13)21/h6-7,21-22H,1-5H3. The van der Waals surface area contributed by atoms with Crippen LogP contribution in [0.1, 0.15) is 5.56 Å². The van der Waals surface area contributed by atoms with Gasteiger partial charge in [0.25, 0.3) is 0 Å². The van der Waals surface area contributed by atoms with Gasteiger partial charge in [-0.15, -0.1) is 0 Å². The SMILES string of the molecule is CN=c1cc(C)c2c(OC)cc(=NC)c3c(O)n(C)c(O)c1c23. The summed E-state index contributed by atoms with van der Waals surface area (Å²) >= 11 is 0. The molecule has 0 aliphatic carbocycles. The summed E-state index contributed by atoms with van der Waals surface area (Å²) in [5, 5.41) is 25.1. The molecule has 0 unspecified atom stereocenters. The van der Waals surface area contributed by atoms with E-state index >= 15 is 0 Å². The van der Waals surface area contributed by atoms with Crippen molar-refractivity contribution >= 4 is 21.5 Å². The lowest BCUT2D eigenvalue weighted by molar-refractivity contribution is 0.383. The van der Waals surface area contributed by atoms with E-state index in [0.29, 0.717) is 32.6 Å². The van der Waals surface area contributed by atoms with Crippen LogP contribution in [-0.2, 0) is 7.05 Å². The number of methoxy groups -OCH3 is 1. The molecule has 0 amide bonds. The number of ether oxygens (including phenoxy) is 1. The molecule has 0 fully saturated rings. The lowest BCUT2D eigenvalue weighted by Crippen LogP contribution is -2.14. The van der Waals surface area contributed by atoms with Gasteiger partial charge in [0.1, 0.15) is 5.75 Å². The second kappa shape index (κ2) is 5.15. The summed E-state index contributed by atoms with van der Waals surface area (Å²) in [7, 11) is 6.52. The molecule has 0 spiro atoms. The lowest BCUT2D eigenvalue weighted by Gasteiger charge is -2.18. The fraction of sp³-hybridized carbons (Fsp3) is 0.294. The molecule has 0 saturated carbocycles. The highest BCUT2D eigenvalue weighted by Crippen LogP contribution is 2.39.